The first-order chi connectivity index (χ1) is 6.27. The van der Waals surface area contributed by atoms with Crippen LogP contribution in [0.15, 0.2) is 6.20 Å². The summed E-state index contributed by atoms with van der Waals surface area (Å²) in [6.07, 6.45) is 1.55. The predicted octanol–water partition coefficient (Wildman–Crippen LogP) is -0.391. The molecule has 1 atom stereocenters. The summed E-state index contributed by atoms with van der Waals surface area (Å²) in [5.41, 5.74) is 6.20. The van der Waals surface area contributed by atoms with Gasteiger partial charge in [-0.1, -0.05) is 0 Å². The van der Waals surface area contributed by atoms with E-state index in [1.165, 1.54) is 0 Å². The Balaban J connectivity index is 2.33. The van der Waals surface area contributed by atoms with Gasteiger partial charge < -0.3 is 5.73 Å². The molecule has 0 aliphatic heterocycles. The van der Waals surface area contributed by atoms with Crippen molar-refractivity contribution in [1.29, 1.82) is 0 Å². The average molecular weight is 179 g/mol. The van der Waals surface area contributed by atoms with E-state index in [0.717, 1.165) is 0 Å². The van der Waals surface area contributed by atoms with E-state index in [0.29, 0.717) is 17.3 Å². The van der Waals surface area contributed by atoms with E-state index in [2.05, 4.69) is 30.6 Å². The largest absolute Gasteiger partial charge is 0.322 e. The quantitative estimate of drug-likeness (QED) is 0.581. The molecule has 2 aromatic heterocycles. The summed E-state index contributed by atoms with van der Waals surface area (Å²) in [5.74, 6) is 1.14. The topological polar surface area (TPSA) is 109 Å². The van der Waals surface area contributed by atoms with E-state index in [-0.39, 0.29) is 6.04 Å². The lowest BCUT2D eigenvalue weighted by Crippen LogP contribution is -2.06. The lowest BCUT2D eigenvalue weighted by molar-refractivity contribution is 0.745. The average Bonchev–Trinajstić information content (AvgIpc) is 2.75. The number of hydrogen-bond donors (Lipinski definition) is 3. The Kier molecular flexibility index (Phi) is 1.78. The highest BCUT2D eigenvalue weighted by molar-refractivity contribution is 5.45. The van der Waals surface area contributed by atoms with Crippen LogP contribution in [-0.4, -0.2) is 30.6 Å². The number of aromatic nitrogens is 6. The molecule has 7 heteroatoms. The van der Waals surface area contributed by atoms with E-state index < -0.39 is 0 Å². The fraction of sp³-hybridized carbons (Fsp3) is 0.333. The second-order valence-corrected chi connectivity index (χ2v) is 2.69. The first kappa shape index (κ1) is 7.87. The molecule has 0 aromatic carbocycles. The van der Waals surface area contributed by atoms with Crippen molar-refractivity contribution in [2.75, 3.05) is 0 Å². The van der Waals surface area contributed by atoms with Gasteiger partial charge in [0.05, 0.1) is 12.2 Å². The Labute approximate surface area is 73.8 Å². The van der Waals surface area contributed by atoms with Crippen molar-refractivity contribution in [3.8, 4) is 11.5 Å². The van der Waals surface area contributed by atoms with Crippen LogP contribution in [-0.2, 0) is 0 Å². The van der Waals surface area contributed by atoms with Crippen LogP contribution in [0.3, 0.4) is 0 Å². The molecule has 68 valence electrons. The molecule has 2 heterocycles. The minimum atomic E-state index is -0.159. The molecule has 0 bridgehead atoms. The molecule has 0 saturated carbocycles. The molecule has 0 radical (unpaired) electrons. The highest BCUT2D eigenvalue weighted by Gasteiger charge is 2.09. The summed E-state index contributed by atoms with van der Waals surface area (Å²) in [5, 5.41) is 16.6. The number of nitrogens with two attached hydrogens (primary N) is 1. The smallest absolute Gasteiger partial charge is 0.203 e. The van der Waals surface area contributed by atoms with Crippen LogP contribution in [0, 0.1) is 0 Å². The van der Waals surface area contributed by atoms with Crippen LogP contribution in [0.1, 0.15) is 18.8 Å². The van der Waals surface area contributed by atoms with Crippen LogP contribution in [0.5, 0.6) is 0 Å². The maximum atomic E-state index is 5.60. The Morgan fingerprint density at radius 1 is 1.46 bits per heavy atom. The Bertz CT molecular complexity index is 373. The Morgan fingerprint density at radius 2 is 2.31 bits per heavy atom. The van der Waals surface area contributed by atoms with Gasteiger partial charge in [-0.05, 0) is 6.92 Å². The molecule has 2 rings (SSSR count). The van der Waals surface area contributed by atoms with Gasteiger partial charge in [0.1, 0.15) is 5.82 Å². The van der Waals surface area contributed by atoms with Gasteiger partial charge in [0, 0.05) is 0 Å². The van der Waals surface area contributed by atoms with Gasteiger partial charge in [0.25, 0.3) is 0 Å². The zero-order chi connectivity index (χ0) is 9.26. The third-order valence-electron chi connectivity index (χ3n) is 1.58. The maximum Gasteiger partial charge on any atom is 0.203 e. The molecule has 0 aliphatic rings. The predicted molar refractivity (Wildman–Crippen MR) is 44.4 cm³/mol. The summed E-state index contributed by atoms with van der Waals surface area (Å²) in [7, 11) is 0. The standard InChI is InChI=1S/C6H9N7/c1-3(7)5-9-6(12-11-5)4-2-8-13-10-4/h2-3H,7H2,1H3,(H,8,10,13)(H,9,11,12). The summed E-state index contributed by atoms with van der Waals surface area (Å²) >= 11 is 0. The van der Waals surface area contributed by atoms with Crippen molar-refractivity contribution < 1.29 is 0 Å². The van der Waals surface area contributed by atoms with E-state index >= 15 is 0 Å². The van der Waals surface area contributed by atoms with Gasteiger partial charge in [-0.3, -0.25) is 5.10 Å². The molecule has 0 aliphatic carbocycles. The lowest BCUT2D eigenvalue weighted by Gasteiger charge is -1.95. The summed E-state index contributed by atoms with van der Waals surface area (Å²) in [4.78, 5) is 4.14. The summed E-state index contributed by atoms with van der Waals surface area (Å²) in [6.45, 7) is 1.83. The number of hydrogen-bond acceptors (Lipinski definition) is 5. The van der Waals surface area contributed by atoms with Gasteiger partial charge >= 0.3 is 0 Å². The first-order valence-corrected chi connectivity index (χ1v) is 3.81. The monoisotopic (exact) mass is 179 g/mol. The van der Waals surface area contributed by atoms with Crippen molar-refractivity contribution in [3.05, 3.63) is 12.0 Å². The van der Waals surface area contributed by atoms with Crippen LogP contribution < -0.4 is 5.73 Å². The molecule has 0 amide bonds. The third kappa shape index (κ3) is 1.41. The van der Waals surface area contributed by atoms with E-state index in [9.17, 15) is 0 Å². The minimum absolute atomic E-state index is 0.159. The first-order valence-electron chi connectivity index (χ1n) is 3.81. The lowest BCUT2D eigenvalue weighted by atomic mass is 10.3. The number of aromatic amines is 2. The zero-order valence-electron chi connectivity index (χ0n) is 7.02. The van der Waals surface area contributed by atoms with E-state index in [4.69, 9.17) is 5.73 Å². The van der Waals surface area contributed by atoms with Crippen LogP contribution in [0.2, 0.25) is 0 Å². The number of nitrogens with one attached hydrogen (secondary N) is 2. The van der Waals surface area contributed by atoms with Crippen molar-refractivity contribution in [2.45, 2.75) is 13.0 Å². The van der Waals surface area contributed by atoms with Gasteiger partial charge in [-0.2, -0.15) is 20.5 Å². The molecule has 2 aromatic rings. The zero-order valence-corrected chi connectivity index (χ0v) is 7.02. The van der Waals surface area contributed by atoms with E-state index in [1.807, 2.05) is 6.92 Å². The van der Waals surface area contributed by atoms with Gasteiger partial charge in [0.2, 0.25) is 5.82 Å². The van der Waals surface area contributed by atoms with Crippen LogP contribution >= 0.6 is 0 Å². The van der Waals surface area contributed by atoms with E-state index in [1.54, 1.807) is 6.20 Å². The van der Waals surface area contributed by atoms with Gasteiger partial charge in [-0.25, -0.2) is 4.98 Å². The SMILES string of the molecule is CC(N)c1nc(-c2cn[nH]n2)n[nH]1. The molecule has 0 fully saturated rings. The summed E-state index contributed by atoms with van der Waals surface area (Å²) < 4.78 is 0. The van der Waals surface area contributed by atoms with Gasteiger partial charge in [-0.15, -0.1) is 0 Å². The molecule has 0 saturated heterocycles. The molecule has 7 nitrogen and oxygen atoms in total. The molecule has 13 heavy (non-hydrogen) atoms. The normalized spacial score (nSPS) is 13.1. The Hall–Kier alpha value is -1.76. The highest BCUT2D eigenvalue weighted by Crippen LogP contribution is 2.10. The van der Waals surface area contributed by atoms with Crippen molar-refractivity contribution in [2.24, 2.45) is 5.73 Å². The van der Waals surface area contributed by atoms with Crippen molar-refractivity contribution >= 4 is 0 Å². The molecule has 4 N–H and O–H groups in total. The third-order valence-corrected chi connectivity index (χ3v) is 1.58. The molecular weight excluding hydrogens is 170 g/mol. The number of H-pyrrole nitrogens is 2. The highest BCUT2D eigenvalue weighted by atomic mass is 15.3. The molecule has 0 spiro atoms. The number of rotatable bonds is 2. The molecule has 1 unspecified atom stereocenters. The van der Waals surface area contributed by atoms with Crippen molar-refractivity contribution in [3.63, 3.8) is 0 Å². The summed E-state index contributed by atoms with van der Waals surface area (Å²) in [6, 6.07) is -0.159. The maximum absolute atomic E-state index is 5.60. The van der Waals surface area contributed by atoms with Crippen molar-refractivity contribution in [1.82, 2.24) is 30.6 Å². The number of nitrogens with zero attached hydrogens (tertiary/aromatic N) is 4. The second kappa shape index (κ2) is 2.94. The Morgan fingerprint density at radius 3 is 2.85 bits per heavy atom. The fourth-order valence-corrected chi connectivity index (χ4v) is 0.902. The fourth-order valence-electron chi connectivity index (χ4n) is 0.902. The second-order valence-electron chi connectivity index (χ2n) is 2.69. The molecular formula is C6H9N7. The minimum Gasteiger partial charge on any atom is -0.322 e. The van der Waals surface area contributed by atoms with Crippen LogP contribution in [0.4, 0.5) is 0 Å². The van der Waals surface area contributed by atoms with Gasteiger partial charge in [0.15, 0.2) is 5.69 Å². The van der Waals surface area contributed by atoms with Crippen LogP contribution in [0.25, 0.3) is 11.5 Å².